The van der Waals surface area contributed by atoms with Gasteiger partial charge in [0.05, 0.1) is 10.7 Å². The molecule has 0 radical (unpaired) electrons. The number of carbonyl (C=O) groups excluding carboxylic acids is 1. The van der Waals surface area contributed by atoms with E-state index in [1.165, 1.54) is 11.3 Å². The van der Waals surface area contributed by atoms with Crippen LogP contribution in [0.2, 0.25) is 0 Å². The second-order valence-corrected chi connectivity index (χ2v) is 4.87. The number of amides is 1. The average molecular weight is 227 g/mol. The number of aromatic nitrogens is 1. The Morgan fingerprint density at radius 2 is 2.27 bits per heavy atom. The van der Waals surface area contributed by atoms with Gasteiger partial charge in [0, 0.05) is 12.6 Å². The van der Waals surface area contributed by atoms with E-state index in [0.29, 0.717) is 11.4 Å². The predicted octanol–water partition coefficient (Wildman–Crippen LogP) is 1.23. The van der Waals surface area contributed by atoms with Crippen LogP contribution in [0.3, 0.4) is 0 Å². The van der Waals surface area contributed by atoms with Crippen LogP contribution < -0.4 is 11.1 Å². The van der Waals surface area contributed by atoms with Crippen LogP contribution in [0.15, 0.2) is 0 Å². The minimum absolute atomic E-state index is 0.0428. The quantitative estimate of drug-likeness (QED) is 0.813. The van der Waals surface area contributed by atoms with Crippen LogP contribution in [0.5, 0.6) is 0 Å². The Morgan fingerprint density at radius 3 is 2.73 bits per heavy atom. The van der Waals surface area contributed by atoms with Crippen molar-refractivity contribution in [3.8, 4) is 0 Å². The van der Waals surface area contributed by atoms with Crippen LogP contribution in [0.4, 0.5) is 0 Å². The first-order chi connectivity index (χ1) is 7.00. The van der Waals surface area contributed by atoms with Crippen molar-refractivity contribution in [2.24, 2.45) is 5.73 Å². The number of rotatable bonds is 4. The van der Waals surface area contributed by atoms with E-state index in [-0.39, 0.29) is 11.9 Å². The molecule has 15 heavy (non-hydrogen) atoms. The van der Waals surface area contributed by atoms with Gasteiger partial charge in [-0.05, 0) is 27.2 Å². The monoisotopic (exact) mass is 227 g/mol. The summed E-state index contributed by atoms with van der Waals surface area (Å²) in [6.45, 7) is 6.29. The topological polar surface area (TPSA) is 68.0 Å². The molecule has 0 saturated carbocycles. The van der Waals surface area contributed by atoms with Crippen LogP contribution >= 0.6 is 11.3 Å². The second kappa shape index (κ2) is 5.23. The average Bonchev–Trinajstić information content (AvgIpc) is 2.44. The standard InChI is InChI=1S/C10H17N3OS/c1-6(11)4-5-12-10(14)9-7(2)13-8(3)15-9/h6H,4-5,11H2,1-3H3,(H,12,14). The normalized spacial score (nSPS) is 12.5. The number of nitrogens with two attached hydrogens (primary N) is 1. The molecule has 0 aliphatic heterocycles. The Morgan fingerprint density at radius 1 is 1.60 bits per heavy atom. The van der Waals surface area contributed by atoms with E-state index in [2.05, 4.69) is 10.3 Å². The van der Waals surface area contributed by atoms with Gasteiger partial charge in [-0.25, -0.2) is 4.98 Å². The van der Waals surface area contributed by atoms with Crippen LogP contribution in [-0.4, -0.2) is 23.5 Å². The van der Waals surface area contributed by atoms with Gasteiger partial charge in [0.15, 0.2) is 0 Å². The third kappa shape index (κ3) is 3.60. The fourth-order valence-corrected chi connectivity index (χ4v) is 2.07. The largest absolute Gasteiger partial charge is 0.351 e. The Balaban J connectivity index is 2.50. The molecule has 84 valence electrons. The molecule has 0 fully saturated rings. The SMILES string of the molecule is Cc1nc(C)c(C(=O)NCCC(C)N)s1. The number of hydrogen-bond acceptors (Lipinski definition) is 4. The Hall–Kier alpha value is -0.940. The highest BCUT2D eigenvalue weighted by atomic mass is 32.1. The molecule has 3 N–H and O–H groups in total. The lowest BCUT2D eigenvalue weighted by atomic mass is 10.2. The van der Waals surface area contributed by atoms with Crippen molar-refractivity contribution in [2.75, 3.05) is 6.54 Å². The zero-order valence-electron chi connectivity index (χ0n) is 9.33. The van der Waals surface area contributed by atoms with E-state index in [4.69, 9.17) is 5.73 Å². The molecule has 1 aromatic rings. The number of hydrogen-bond donors (Lipinski definition) is 2. The van der Waals surface area contributed by atoms with E-state index >= 15 is 0 Å². The van der Waals surface area contributed by atoms with Crippen LogP contribution in [0.1, 0.15) is 33.7 Å². The fourth-order valence-electron chi connectivity index (χ4n) is 1.24. The summed E-state index contributed by atoms with van der Waals surface area (Å²) >= 11 is 1.43. The zero-order valence-corrected chi connectivity index (χ0v) is 10.1. The highest BCUT2D eigenvalue weighted by Crippen LogP contribution is 2.16. The van der Waals surface area contributed by atoms with Crippen molar-refractivity contribution in [3.63, 3.8) is 0 Å². The van der Waals surface area contributed by atoms with Crippen molar-refractivity contribution in [2.45, 2.75) is 33.2 Å². The lowest BCUT2D eigenvalue weighted by Crippen LogP contribution is -2.28. The van der Waals surface area contributed by atoms with Crippen LogP contribution in [0.25, 0.3) is 0 Å². The lowest BCUT2D eigenvalue weighted by Gasteiger charge is -2.06. The molecule has 1 unspecified atom stereocenters. The van der Waals surface area contributed by atoms with Crippen molar-refractivity contribution >= 4 is 17.2 Å². The first-order valence-electron chi connectivity index (χ1n) is 4.98. The van der Waals surface area contributed by atoms with Crippen molar-refractivity contribution < 1.29 is 4.79 Å². The molecular weight excluding hydrogens is 210 g/mol. The maximum Gasteiger partial charge on any atom is 0.263 e. The first kappa shape index (κ1) is 12.1. The Labute approximate surface area is 93.9 Å². The maximum atomic E-state index is 11.7. The van der Waals surface area contributed by atoms with E-state index < -0.39 is 0 Å². The van der Waals surface area contributed by atoms with Crippen molar-refractivity contribution in [1.29, 1.82) is 0 Å². The lowest BCUT2D eigenvalue weighted by molar-refractivity contribution is 0.0956. The van der Waals surface area contributed by atoms with E-state index in [0.717, 1.165) is 17.1 Å². The van der Waals surface area contributed by atoms with Gasteiger partial charge in [-0.2, -0.15) is 0 Å². The number of aryl methyl sites for hydroxylation is 2. The van der Waals surface area contributed by atoms with Crippen LogP contribution in [-0.2, 0) is 0 Å². The second-order valence-electron chi connectivity index (χ2n) is 3.67. The molecule has 1 amide bonds. The van der Waals surface area contributed by atoms with Gasteiger partial charge < -0.3 is 11.1 Å². The highest BCUT2D eigenvalue weighted by Gasteiger charge is 2.12. The van der Waals surface area contributed by atoms with E-state index in [1.54, 1.807) is 0 Å². The molecule has 0 spiro atoms. The minimum atomic E-state index is -0.0428. The molecule has 1 aromatic heterocycles. The van der Waals surface area contributed by atoms with Gasteiger partial charge in [0.1, 0.15) is 4.88 Å². The molecule has 0 saturated heterocycles. The summed E-state index contributed by atoms with van der Waals surface area (Å²) in [5.41, 5.74) is 6.39. The van der Waals surface area contributed by atoms with Gasteiger partial charge in [0.25, 0.3) is 5.91 Å². The summed E-state index contributed by atoms with van der Waals surface area (Å²) in [4.78, 5) is 16.6. The molecule has 1 rings (SSSR count). The van der Waals surface area contributed by atoms with Gasteiger partial charge in [-0.15, -0.1) is 11.3 Å². The fraction of sp³-hybridized carbons (Fsp3) is 0.600. The minimum Gasteiger partial charge on any atom is -0.351 e. The third-order valence-corrected chi connectivity index (χ3v) is 3.07. The Kier molecular flexibility index (Phi) is 4.23. The molecular formula is C10H17N3OS. The van der Waals surface area contributed by atoms with Crippen LogP contribution in [0, 0.1) is 13.8 Å². The van der Waals surface area contributed by atoms with E-state index in [9.17, 15) is 4.79 Å². The number of nitrogens with zero attached hydrogens (tertiary/aromatic N) is 1. The molecule has 0 aliphatic carbocycles. The Bertz CT molecular complexity index is 346. The number of carbonyl (C=O) groups is 1. The highest BCUT2D eigenvalue weighted by molar-refractivity contribution is 7.13. The molecule has 0 bridgehead atoms. The molecule has 0 aliphatic rings. The summed E-state index contributed by atoms with van der Waals surface area (Å²) < 4.78 is 0. The molecule has 1 heterocycles. The van der Waals surface area contributed by atoms with E-state index in [1.807, 2.05) is 20.8 Å². The molecule has 1 atom stereocenters. The smallest absolute Gasteiger partial charge is 0.263 e. The van der Waals surface area contributed by atoms with Crippen molar-refractivity contribution in [1.82, 2.24) is 10.3 Å². The molecule has 5 heteroatoms. The summed E-state index contributed by atoms with van der Waals surface area (Å²) in [7, 11) is 0. The van der Waals surface area contributed by atoms with Gasteiger partial charge in [-0.1, -0.05) is 0 Å². The third-order valence-electron chi connectivity index (χ3n) is 1.99. The maximum absolute atomic E-state index is 11.7. The predicted molar refractivity (Wildman–Crippen MR) is 62.2 cm³/mol. The zero-order chi connectivity index (χ0) is 11.4. The van der Waals surface area contributed by atoms with Gasteiger partial charge >= 0.3 is 0 Å². The summed E-state index contributed by atoms with van der Waals surface area (Å²) in [6, 6.07) is 0.120. The number of nitrogens with one attached hydrogen (secondary N) is 1. The van der Waals surface area contributed by atoms with Crippen molar-refractivity contribution in [3.05, 3.63) is 15.6 Å². The molecule has 0 aromatic carbocycles. The van der Waals surface area contributed by atoms with Gasteiger partial charge in [0.2, 0.25) is 0 Å². The summed E-state index contributed by atoms with van der Waals surface area (Å²) in [5, 5.41) is 3.76. The number of thiazole rings is 1. The summed E-state index contributed by atoms with van der Waals surface area (Å²) in [6.07, 6.45) is 0.794. The summed E-state index contributed by atoms with van der Waals surface area (Å²) in [5.74, 6) is -0.0428. The first-order valence-corrected chi connectivity index (χ1v) is 5.80. The molecule has 4 nitrogen and oxygen atoms in total. The van der Waals surface area contributed by atoms with Gasteiger partial charge in [-0.3, -0.25) is 4.79 Å².